The zero-order valence-electron chi connectivity index (χ0n) is 24.6. The largest absolute Gasteiger partial charge is 1.00 e. The maximum absolute atomic E-state index is 3.82. The minimum absolute atomic E-state index is 0. The molecule has 5 rings (SSSR count). The molecule has 1 atom stereocenters. The summed E-state index contributed by atoms with van der Waals surface area (Å²) in [4.78, 5) is 0. The maximum Gasteiger partial charge on any atom is -1.00 e. The van der Waals surface area contributed by atoms with Crippen molar-refractivity contribution in [1.29, 1.82) is 0 Å². The van der Waals surface area contributed by atoms with Crippen molar-refractivity contribution in [1.82, 2.24) is 0 Å². The van der Waals surface area contributed by atoms with Gasteiger partial charge in [0.1, 0.15) is 0 Å². The van der Waals surface area contributed by atoms with Crippen molar-refractivity contribution < 1.29 is 49.0 Å². The molecule has 0 spiro atoms. The van der Waals surface area contributed by atoms with E-state index in [0.29, 0.717) is 11.3 Å². The number of benzene rings is 3. The fourth-order valence-corrected chi connectivity index (χ4v) is 4.71. The summed E-state index contributed by atoms with van der Waals surface area (Å²) in [5.41, 5.74) is 6.77. The molecule has 0 radical (unpaired) electrons. The minimum atomic E-state index is 0. The summed E-state index contributed by atoms with van der Waals surface area (Å²) in [5.74, 6) is 0.573. The van der Waals surface area contributed by atoms with Gasteiger partial charge in [-0.05, 0) is 11.1 Å². The molecular formula is C37H40Cl2Zr-2. The van der Waals surface area contributed by atoms with Crippen LogP contribution >= 0.6 is 0 Å². The van der Waals surface area contributed by atoms with E-state index < -0.39 is 0 Å². The van der Waals surface area contributed by atoms with Gasteiger partial charge in [0.15, 0.2) is 0 Å². The molecule has 0 saturated carbocycles. The van der Waals surface area contributed by atoms with E-state index in [9.17, 15) is 0 Å². The van der Waals surface area contributed by atoms with Crippen molar-refractivity contribution in [2.45, 2.75) is 48.0 Å². The second kappa shape index (κ2) is 16.3. The second-order valence-corrected chi connectivity index (χ2v) is 12.8. The van der Waals surface area contributed by atoms with Gasteiger partial charge in [0.05, 0.1) is 0 Å². The van der Waals surface area contributed by atoms with Gasteiger partial charge in [-0.2, -0.15) is 11.6 Å². The molecule has 0 amide bonds. The van der Waals surface area contributed by atoms with E-state index in [2.05, 4.69) is 140 Å². The number of rotatable bonds is 4. The predicted octanol–water partition coefficient (Wildman–Crippen LogP) is 4.45. The monoisotopic (exact) mass is 644 g/mol. The zero-order chi connectivity index (χ0) is 27.9. The van der Waals surface area contributed by atoms with Gasteiger partial charge in [-0.25, -0.2) is 6.08 Å². The van der Waals surface area contributed by atoms with Gasteiger partial charge < -0.3 is 24.8 Å². The van der Waals surface area contributed by atoms with Gasteiger partial charge in [0.25, 0.3) is 0 Å². The van der Waals surface area contributed by atoms with Crippen LogP contribution in [0.3, 0.4) is 0 Å². The molecule has 208 valence electrons. The van der Waals surface area contributed by atoms with Crippen molar-refractivity contribution in [3.63, 3.8) is 0 Å². The zero-order valence-corrected chi connectivity index (χ0v) is 28.6. The summed E-state index contributed by atoms with van der Waals surface area (Å²) < 4.78 is 1.46. The summed E-state index contributed by atoms with van der Waals surface area (Å²) in [6, 6.07) is 23.8. The molecular weight excluding hydrogens is 607 g/mol. The van der Waals surface area contributed by atoms with Crippen LogP contribution in [0.4, 0.5) is 0 Å². The fraction of sp³-hybridized carbons (Fsp3) is 0.243. The quantitative estimate of drug-likeness (QED) is 0.288. The minimum Gasteiger partial charge on any atom is -1.00 e. The fourth-order valence-electron chi connectivity index (χ4n) is 4.30. The van der Waals surface area contributed by atoms with Gasteiger partial charge in [-0.15, -0.1) is 39.7 Å². The molecule has 0 aromatic heterocycles. The van der Waals surface area contributed by atoms with Crippen LogP contribution in [0.2, 0.25) is 0 Å². The molecule has 0 aliphatic heterocycles. The number of hydrogen-bond donors (Lipinski definition) is 0. The average molecular weight is 647 g/mol. The Morgan fingerprint density at radius 2 is 1.40 bits per heavy atom. The first-order valence-electron chi connectivity index (χ1n) is 13.4. The molecule has 4 aromatic carbocycles. The van der Waals surface area contributed by atoms with Crippen LogP contribution in [0.25, 0.3) is 33.7 Å². The third kappa shape index (κ3) is 9.73. The summed E-state index contributed by atoms with van der Waals surface area (Å²) in [5, 5.41) is 5.15. The number of aryl methyl sites for hydroxylation is 1. The van der Waals surface area contributed by atoms with E-state index in [1.54, 1.807) is 0 Å². The standard InChI is InChI=1S/C17H13.C11H17.C9H10.2ClH.Zr/c1-3-12-5-7-14-11-15-8-6-13(4-2)10-17(15)16(14)9-12;1-5-9-6-7-10(8-9)11(2,3)4;1-3-9-6-4-8(2)5-7-9;;;/h3-11H,1-2H2;7-9H,5H2,1-4H3;4-7H,1-2H3;2*1H;/q2*-1;;;;+2/p-2. The molecule has 1 aliphatic carbocycles. The van der Waals surface area contributed by atoms with Crippen molar-refractivity contribution in [2.24, 2.45) is 11.3 Å². The maximum atomic E-state index is 3.82. The van der Waals surface area contributed by atoms with Crippen LogP contribution < -0.4 is 24.8 Å². The van der Waals surface area contributed by atoms with E-state index in [0.717, 1.165) is 11.1 Å². The second-order valence-electron chi connectivity index (χ2n) is 10.9. The van der Waals surface area contributed by atoms with Crippen LogP contribution in [0.1, 0.15) is 63.3 Å². The summed E-state index contributed by atoms with van der Waals surface area (Å²) in [6.45, 7) is 20.9. The number of fused-ring (bicyclic) bond motifs is 3. The number of halogens is 2. The van der Waals surface area contributed by atoms with Gasteiger partial charge >= 0.3 is 76.7 Å². The molecule has 0 heterocycles. The van der Waals surface area contributed by atoms with Crippen LogP contribution in [0.5, 0.6) is 0 Å². The number of allylic oxidation sites excluding steroid dienone is 4. The summed E-state index contributed by atoms with van der Waals surface area (Å²) in [6.07, 6.45) is 12.8. The van der Waals surface area contributed by atoms with Gasteiger partial charge in [-0.1, -0.05) is 95.0 Å². The molecule has 40 heavy (non-hydrogen) atoms. The van der Waals surface area contributed by atoms with E-state index >= 15 is 0 Å². The van der Waals surface area contributed by atoms with Crippen molar-refractivity contribution in [2.75, 3.05) is 0 Å². The molecule has 1 aliphatic rings. The summed E-state index contributed by atoms with van der Waals surface area (Å²) in [7, 11) is 0. The van der Waals surface area contributed by atoms with Crippen LogP contribution in [0.15, 0.2) is 97.6 Å². The van der Waals surface area contributed by atoms with Crippen molar-refractivity contribution in [3.8, 4) is 0 Å². The Morgan fingerprint density at radius 1 is 0.900 bits per heavy atom. The van der Waals surface area contributed by atoms with Gasteiger partial charge in [-0.3, -0.25) is 6.08 Å². The Hall–Kier alpha value is -2.18. The SMILES string of the molecule is C=Cc1ccc2[cH-]c3ccc(C=C)cc3c2c1.CCC1[C-]=CC(C(C)(C)C)=C1.C[C](=[Zr+2])c1ccc(C)cc1.[Cl-].[Cl-]. The molecule has 0 saturated heterocycles. The third-order valence-electron chi connectivity index (χ3n) is 6.85. The smallest absolute Gasteiger partial charge is 1.00 e. The van der Waals surface area contributed by atoms with Crippen LogP contribution in [-0.4, -0.2) is 3.21 Å². The van der Waals surface area contributed by atoms with E-state index in [-0.39, 0.29) is 24.8 Å². The predicted molar refractivity (Wildman–Crippen MR) is 167 cm³/mol. The van der Waals surface area contributed by atoms with Gasteiger partial charge in [0.2, 0.25) is 0 Å². The van der Waals surface area contributed by atoms with E-state index in [1.807, 2.05) is 12.2 Å². The Kier molecular flexibility index (Phi) is 14.6. The Balaban J connectivity index is 0.000000308. The molecule has 0 bridgehead atoms. The first kappa shape index (κ1) is 35.8. The molecule has 0 N–H and O–H groups in total. The summed E-state index contributed by atoms with van der Waals surface area (Å²) >= 11 is 1.51. The Bertz CT molecular complexity index is 1430. The molecule has 4 aromatic rings. The number of hydrogen-bond acceptors (Lipinski definition) is 0. The Labute approximate surface area is 269 Å². The normalized spacial score (nSPS) is 13.6. The average Bonchev–Trinajstić information content (AvgIpc) is 3.54. The van der Waals surface area contributed by atoms with E-state index in [4.69, 9.17) is 0 Å². The van der Waals surface area contributed by atoms with E-state index in [1.165, 1.54) is 72.1 Å². The molecule has 0 fully saturated rings. The topological polar surface area (TPSA) is 0 Å². The van der Waals surface area contributed by atoms with Crippen LogP contribution in [-0.2, 0) is 24.2 Å². The first-order valence-corrected chi connectivity index (χ1v) is 14.6. The molecule has 1 unspecified atom stereocenters. The molecule has 0 nitrogen and oxygen atoms in total. The Morgan fingerprint density at radius 3 is 1.75 bits per heavy atom. The third-order valence-corrected chi connectivity index (χ3v) is 7.56. The first-order chi connectivity index (χ1) is 18.0. The van der Waals surface area contributed by atoms with Crippen molar-refractivity contribution >= 4 is 36.9 Å². The van der Waals surface area contributed by atoms with Crippen LogP contribution in [0, 0.1) is 24.3 Å². The molecule has 3 heteroatoms. The van der Waals surface area contributed by atoms with Crippen molar-refractivity contribution in [3.05, 3.63) is 126 Å². The van der Waals surface area contributed by atoms with Gasteiger partial charge in [0, 0.05) is 0 Å².